The maximum absolute atomic E-state index is 12.6. The zero-order valence-electron chi connectivity index (χ0n) is 16.0. The Labute approximate surface area is 172 Å². The highest BCUT2D eigenvalue weighted by atomic mass is 127. The van der Waals surface area contributed by atoms with Gasteiger partial charge in [-0.15, -0.1) is 4.72 Å². The van der Waals surface area contributed by atoms with Gasteiger partial charge in [0.05, 0.1) is 9.61 Å². The molecule has 0 amide bonds. The van der Waals surface area contributed by atoms with Gasteiger partial charge in [0, 0.05) is 37.7 Å². The SMILES string of the molecule is Cn1c(N2CCC3(CCC[C@H]3N[S+]([O-])C(C)(C)C)CC2)ncc(I)c1=O. The van der Waals surface area contributed by atoms with Gasteiger partial charge in [-0.2, -0.15) is 0 Å². The molecule has 2 aliphatic rings. The number of hydrogen-bond acceptors (Lipinski definition) is 5. The van der Waals surface area contributed by atoms with Crippen LogP contribution in [-0.2, 0) is 18.4 Å². The van der Waals surface area contributed by atoms with E-state index in [1.807, 2.05) is 43.4 Å². The van der Waals surface area contributed by atoms with Crippen LogP contribution in [0.1, 0.15) is 52.9 Å². The first-order valence-corrected chi connectivity index (χ1v) is 11.5. The smallest absolute Gasteiger partial charge is 0.268 e. The topological polar surface area (TPSA) is 73.2 Å². The number of anilines is 1. The summed E-state index contributed by atoms with van der Waals surface area (Å²) in [5.74, 6) is 0.756. The van der Waals surface area contributed by atoms with E-state index in [1.54, 1.807) is 17.8 Å². The highest BCUT2D eigenvalue weighted by Crippen LogP contribution is 2.47. The van der Waals surface area contributed by atoms with Crippen molar-refractivity contribution >= 4 is 39.9 Å². The summed E-state index contributed by atoms with van der Waals surface area (Å²) in [7, 11) is 1.80. The van der Waals surface area contributed by atoms with E-state index in [0.717, 1.165) is 38.3 Å². The summed E-state index contributed by atoms with van der Waals surface area (Å²) in [4.78, 5) is 18.9. The van der Waals surface area contributed by atoms with Crippen LogP contribution in [0.5, 0.6) is 0 Å². The number of halogens is 1. The number of hydrogen-bond donors (Lipinski definition) is 1. The number of aromatic nitrogens is 2. The van der Waals surface area contributed by atoms with E-state index in [1.165, 1.54) is 12.8 Å². The predicted molar refractivity (Wildman–Crippen MR) is 115 cm³/mol. The van der Waals surface area contributed by atoms with Crippen LogP contribution in [0.3, 0.4) is 0 Å². The fourth-order valence-electron chi connectivity index (χ4n) is 4.18. The van der Waals surface area contributed by atoms with Crippen LogP contribution in [0.15, 0.2) is 11.0 Å². The zero-order valence-corrected chi connectivity index (χ0v) is 19.0. The van der Waals surface area contributed by atoms with Crippen LogP contribution in [0.2, 0.25) is 0 Å². The second-order valence-corrected chi connectivity index (χ2v) is 11.7. The Balaban J connectivity index is 1.71. The molecule has 1 saturated carbocycles. The maximum Gasteiger partial charge on any atom is 0.268 e. The molecule has 3 rings (SSSR count). The minimum absolute atomic E-state index is 0.0110. The molecule has 2 heterocycles. The van der Waals surface area contributed by atoms with Gasteiger partial charge in [-0.1, -0.05) is 6.42 Å². The number of nitrogens with one attached hydrogen (secondary N) is 1. The summed E-state index contributed by atoms with van der Waals surface area (Å²) in [6.45, 7) is 7.83. The molecule has 6 nitrogen and oxygen atoms in total. The van der Waals surface area contributed by atoms with Gasteiger partial charge in [0.25, 0.3) is 5.56 Å². The molecule has 1 aliphatic carbocycles. The highest BCUT2D eigenvalue weighted by Gasteiger charge is 2.48. The van der Waals surface area contributed by atoms with E-state index < -0.39 is 11.4 Å². The van der Waals surface area contributed by atoms with Gasteiger partial charge in [-0.25, -0.2) is 4.98 Å². The Morgan fingerprint density at radius 2 is 2.00 bits per heavy atom. The Morgan fingerprint density at radius 1 is 1.35 bits per heavy atom. The molecule has 26 heavy (non-hydrogen) atoms. The second-order valence-electron chi connectivity index (χ2n) is 8.56. The van der Waals surface area contributed by atoms with E-state index in [-0.39, 0.29) is 15.7 Å². The average molecular weight is 492 g/mol. The van der Waals surface area contributed by atoms with Crippen LogP contribution in [0.25, 0.3) is 0 Å². The molecule has 1 aliphatic heterocycles. The molecule has 1 N–H and O–H groups in total. The third kappa shape index (κ3) is 3.93. The Bertz CT molecular complexity index is 710. The van der Waals surface area contributed by atoms with Crippen LogP contribution in [0, 0.1) is 8.99 Å². The van der Waals surface area contributed by atoms with Crippen molar-refractivity contribution in [3.8, 4) is 0 Å². The summed E-state index contributed by atoms with van der Waals surface area (Å²) >= 11 is 1.00. The zero-order chi connectivity index (χ0) is 19.1. The molecule has 0 bridgehead atoms. The molecule has 0 radical (unpaired) electrons. The quantitative estimate of drug-likeness (QED) is 0.519. The molecular weight excluding hydrogens is 463 g/mol. The first kappa shape index (κ1) is 20.4. The van der Waals surface area contributed by atoms with Crippen molar-refractivity contribution in [2.24, 2.45) is 12.5 Å². The minimum atomic E-state index is -1.03. The first-order valence-electron chi connectivity index (χ1n) is 9.29. The second kappa shape index (κ2) is 7.60. The average Bonchev–Trinajstić information content (AvgIpc) is 2.95. The van der Waals surface area contributed by atoms with Gasteiger partial charge in [-0.05, 0) is 74.5 Å². The standard InChI is InChI=1S/C18H29IN4O2S/c1-17(2,3)26(25)21-14-6-5-7-18(14)8-10-23(11-9-18)16-20-12-13(19)15(24)22(16)4/h12,14,21H,5-11H2,1-4H3/t14-,26?/m1/s1. The molecule has 1 aromatic heterocycles. The minimum Gasteiger partial charge on any atom is -0.598 e. The van der Waals surface area contributed by atoms with Crippen molar-refractivity contribution in [3.63, 3.8) is 0 Å². The van der Waals surface area contributed by atoms with Crippen LogP contribution < -0.4 is 15.2 Å². The first-order chi connectivity index (χ1) is 12.1. The lowest BCUT2D eigenvalue weighted by molar-refractivity contribution is 0.186. The van der Waals surface area contributed by atoms with E-state index in [4.69, 9.17) is 0 Å². The van der Waals surface area contributed by atoms with E-state index in [9.17, 15) is 9.35 Å². The molecule has 1 aromatic rings. The molecule has 1 spiro atoms. The van der Waals surface area contributed by atoms with Gasteiger partial charge >= 0.3 is 0 Å². The fourth-order valence-corrected chi connectivity index (χ4v) is 5.66. The van der Waals surface area contributed by atoms with Crippen molar-refractivity contribution in [1.29, 1.82) is 0 Å². The van der Waals surface area contributed by atoms with Crippen molar-refractivity contribution in [3.05, 3.63) is 20.1 Å². The lowest BCUT2D eigenvalue weighted by Crippen LogP contribution is -2.53. The van der Waals surface area contributed by atoms with Gasteiger partial charge in [0.2, 0.25) is 5.95 Å². The van der Waals surface area contributed by atoms with Crippen molar-refractivity contribution in [2.75, 3.05) is 18.0 Å². The molecule has 1 saturated heterocycles. The number of rotatable bonds is 3. The van der Waals surface area contributed by atoms with Crippen molar-refractivity contribution < 1.29 is 4.55 Å². The van der Waals surface area contributed by atoms with E-state index in [0.29, 0.717) is 9.61 Å². The van der Waals surface area contributed by atoms with Crippen LogP contribution in [-0.4, -0.2) is 38.0 Å². The highest BCUT2D eigenvalue weighted by molar-refractivity contribution is 14.1. The Morgan fingerprint density at radius 3 is 2.62 bits per heavy atom. The Hall–Kier alpha value is -0.320. The largest absolute Gasteiger partial charge is 0.598 e. The van der Waals surface area contributed by atoms with Gasteiger partial charge in [0.1, 0.15) is 4.75 Å². The molecule has 8 heteroatoms. The van der Waals surface area contributed by atoms with E-state index in [2.05, 4.69) is 14.6 Å². The predicted octanol–water partition coefficient (Wildman–Crippen LogP) is 2.58. The van der Waals surface area contributed by atoms with E-state index >= 15 is 0 Å². The molecule has 2 atom stereocenters. The summed E-state index contributed by atoms with van der Waals surface area (Å²) in [5.41, 5.74) is 0.233. The fraction of sp³-hybridized carbons (Fsp3) is 0.778. The lowest BCUT2D eigenvalue weighted by atomic mass is 9.74. The third-order valence-electron chi connectivity index (χ3n) is 5.86. The third-order valence-corrected chi connectivity index (χ3v) is 8.21. The van der Waals surface area contributed by atoms with Gasteiger partial charge < -0.3 is 9.45 Å². The van der Waals surface area contributed by atoms with Gasteiger partial charge in [0.15, 0.2) is 0 Å². The van der Waals surface area contributed by atoms with Crippen LogP contribution in [0.4, 0.5) is 5.95 Å². The number of piperidine rings is 1. The summed E-state index contributed by atoms with van der Waals surface area (Å²) in [5, 5.41) is 0. The summed E-state index contributed by atoms with van der Waals surface area (Å²) in [6, 6.07) is 0.318. The molecule has 2 fully saturated rings. The molecule has 146 valence electrons. The van der Waals surface area contributed by atoms with Crippen molar-refractivity contribution in [1.82, 2.24) is 14.3 Å². The number of nitrogens with zero attached hydrogens (tertiary/aromatic N) is 3. The monoisotopic (exact) mass is 492 g/mol. The van der Waals surface area contributed by atoms with Crippen LogP contribution >= 0.6 is 22.6 Å². The van der Waals surface area contributed by atoms with Gasteiger partial charge in [-0.3, -0.25) is 9.36 Å². The molecular formula is C18H29IN4O2S. The Kier molecular flexibility index (Phi) is 5.97. The normalized spacial score (nSPS) is 24.2. The van der Waals surface area contributed by atoms with Crippen molar-refractivity contribution in [2.45, 2.75) is 63.7 Å². The lowest BCUT2D eigenvalue weighted by Gasteiger charge is -2.44. The maximum atomic E-state index is 12.6. The summed E-state index contributed by atoms with van der Waals surface area (Å²) in [6.07, 6.45) is 7.25. The molecule has 0 aromatic carbocycles. The molecule has 1 unspecified atom stereocenters. The summed E-state index contributed by atoms with van der Waals surface area (Å²) < 4.78 is 18.1.